The zero-order valence-corrected chi connectivity index (χ0v) is 13.0. The molecule has 0 unspecified atom stereocenters. The van der Waals surface area contributed by atoms with Crippen LogP contribution in [0.3, 0.4) is 0 Å². The maximum atomic E-state index is 13.0. The highest BCUT2D eigenvalue weighted by Gasteiger charge is 2.15. The molecule has 0 atom stereocenters. The molecular weight excluding hydrogens is 309 g/mol. The summed E-state index contributed by atoms with van der Waals surface area (Å²) in [6.45, 7) is 1.76. The molecule has 5 nitrogen and oxygen atoms in total. The first-order valence-electron chi connectivity index (χ1n) is 7.15. The smallest absolute Gasteiger partial charge is 0.239 e. The van der Waals surface area contributed by atoms with Gasteiger partial charge in [0.1, 0.15) is 5.82 Å². The Balaban J connectivity index is 0.00000242. The molecule has 1 aromatic carbocycles. The fourth-order valence-electron chi connectivity index (χ4n) is 2.32. The monoisotopic (exact) mass is 329 g/mol. The van der Waals surface area contributed by atoms with Gasteiger partial charge in [0.2, 0.25) is 11.8 Å². The lowest BCUT2D eigenvalue weighted by Gasteiger charge is -2.23. The summed E-state index contributed by atoms with van der Waals surface area (Å²) in [6, 6.07) is 6.06. The summed E-state index contributed by atoms with van der Waals surface area (Å²) in [6.07, 6.45) is 1.88. The molecule has 1 saturated heterocycles. The highest BCUT2D eigenvalue weighted by atomic mass is 35.5. The van der Waals surface area contributed by atoms with E-state index in [9.17, 15) is 14.0 Å². The maximum absolute atomic E-state index is 13.0. The maximum Gasteiger partial charge on any atom is 0.239 e. The van der Waals surface area contributed by atoms with Gasteiger partial charge in [-0.25, -0.2) is 4.39 Å². The van der Waals surface area contributed by atoms with E-state index >= 15 is 0 Å². The van der Waals surface area contributed by atoms with E-state index in [1.165, 1.54) is 12.1 Å². The van der Waals surface area contributed by atoms with Crippen molar-refractivity contribution in [2.75, 3.05) is 19.6 Å². The summed E-state index contributed by atoms with van der Waals surface area (Å²) in [5.41, 5.74) is 0.589. The van der Waals surface area contributed by atoms with Gasteiger partial charge >= 0.3 is 0 Å². The molecule has 2 rings (SSSR count). The fourth-order valence-corrected chi connectivity index (χ4v) is 2.32. The molecule has 0 aliphatic carbocycles. The minimum Gasteiger partial charge on any atom is -0.352 e. The van der Waals surface area contributed by atoms with Gasteiger partial charge in [-0.1, -0.05) is 12.1 Å². The molecule has 1 fully saturated rings. The van der Waals surface area contributed by atoms with Crippen LogP contribution >= 0.6 is 12.4 Å². The number of halogens is 2. The molecule has 0 spiro atoms. The minimum absolute atomic E-state index is 0. The number of nitrogens with one attached hydrogen (secondary N) is 3. The lowest BCUT2D eigenvalue weighted by Crippen LogP contribution is -2.46. The van der Waals surface area contributed by atoms with Gasteiger partial charge in [0, 0.05) is 6.04 Å². The Morgan fingerprint density at radius 1 is 1.23 bits per heavy atom. The van der Waals surface area contributed by atoms with Gasteiger partial charge in [-0.2, -0.15) is 0 Å². The zero-order valence-electron chi connectivity index (χ0n) is 12.2. The van der Waals surface area contributed by atoms with Crippen molar-refractivity contribution in [3.05, 3.63) is 35.6 Å². The number of hydrogen-bond donors (Lipinski definition) is 3. The quantitative estimate of drug-likeness (QED) is 0.747. The van der Waals surface area contributed by atoms with E-state index in [1.807, 2.05) is 0 Å². The first kappa shape index (κ1) is 18.4. The van der Waals surface area contributed by atoms with Crippen molar-refractivity contribution in [3.8, 4) is 0 Å². The Morgan fingerprint density at radius 2 is 1.95 bits per heavy atom. The van der Waals surface area contributed by atoms with E-state index in [0.717, 1.165) is 25.9 Å². The first-order valence-corrected chi connectivity index (χ1v) is 7.15. The lowest BCUT2D eigenvalue weighted by atomic mass is 10.1. The van der Waals surface area contributed by atoms with Crippen molar-refractivity contribution < 1.29 is 14.0 Å². The molecular formula is C15H21ClFN3O2. The van der Waals surface area contributed by atoms with Crippen LogP contribution in [0.2, 0.25) is 0 Å². The Labute approximate surface area is 135 Å². The molecule has 0 radical (unpaired) electrons. The Bertz CT molecular complexity index is 507. The average Bonchev–Trinajstić information content (AvgIpc) is 2.46. The van der Waals surface area contributed by atoms with Gasteiger partial charge in [0.05, 0.1) is 13.0 Å². The van der Waals surface area contributed by atoms with E-state index in [0.29, 0.717) is 5.56 Å². The van der Waals surface area contributed by atoms with Gasteiger partial charge < -0.3 is 16.0 Å². The third kappa shape index (κ3) is 6.41. The largest absolute Gasteiger partial charge is 0.352 e. The second-order valence-electron chi connectivity index (χ2n) is 5.18. The normalized spacial score (nSPS) is 14.8. The Kier molecular flexibility index (Phi) is 7.84. The van der Waals surface area contributed by atoms with Gasteiger partial charge in [-0.3, -0.25) is 9.59 Å². The molecule has 122 valence electrons. The van der Waals surface area contributed by atoms with Gasteiger partial charge in [-0.15, -0.1) is 12.4 Å². The van der Waals surface area contributed by atoms with Gasteiger partial charge in [0.25, 0.3) is 0 Å². The summed E-state index contributed by atoms with van der Waals surface area (Å²) < 4.78 is 13.0. The number of rotatable bonds is 5. The van der Waals surface area contributed by atoms with Crippen LogP contribution in [-0.4, -0.2) is 37.5 Å². The first-order chi connectivity index (χ1) is 10.1. The van der Waals surface area contributed by atoms with Crippen LogP contribution in [0.15, 0.2) is 24.3 Å². The molecule has 1 aromatic rings. The third-order valence-electron chi connectivity index (χ3n) is 3.40. The van der Waals surface area contributed by atoms with Crippen LogP contribution in [0.1, 0.15) is 18.4 Å². The molecule has 0 saturated carbocycles. The fraction of sp³-hybridized carbons (Fsp3) is 0.467. The van der Waals surface area contributed by atoms with Crippen LogP contribution in [0.4, 0.5) is 4.39 Å². The lowest BCUT2D eigenvalue weighted by molar-refractivity contribution is -0.126. The number of piperidine rings is 1. The number of benzene rings is 1. The molecule has 0 bridgehead atoms. The van der Waals surface area contributed by atoms with Crippen molar-refractivity contribution in [1.29, 1.82) is 0 Å². The Morgan fingerprint density at radius 3 is 2.64 bits per heavy atom. The Hall–Kier alpha value is -1.66. The van der Waals surface area contributed by atoms with Crippen molar-refractivity contribution in [1.82, 2.24) is 16.0 Å². The molecule has 3 N–H and O–H groups in total. The number of carbonyl (C=O) groups excluding carboxylic acids is 2. The van der Waals surface area contributed by atoms with Crippen LogP contribution in [0.25, 0.3) is 0 Å². The number of amides is 2. The predicted molar refractivity (Wildman–Crippen MR) is 84.4 cm³/mol. The van der Waals surface area contributed by atoms with Crippen LogP contribution in [0, 0.1) is 5.82 Å². The van der Waals surface area contributed by atoms with Crippen molar-refractivity contribution in [2.24, 2.45) is 0 Å². The van der Waals surface area contributed by atoms with Crippen molar-refractivity contribution >= 4 is 24.2 Å². The molecule has 0 aromatic heterocycles. The van der Waals surface area contributed by atoms with Crippen molar-refractivity contribution in [3.63, 3.8) is 0 Å². The van der Waals surface area contributed by atoms with Crippen molar-refractivity contribution in [2.45, 2.75) is 25.3 Å². The molecule has 2 amide bonds. The molecule has 1 heterocycles. The van der Waals surface area contributed by atoms with E-state index in [4.69, 9.17) is 0 Å². The summed E-state index contributed by atoms with van der Waals surface area (Å²) in [5.74, 6) is -0.848. The molecule has 22 heavy (non-hydrogen) atoms. The SMILES string of the molecule is Cl.O=C(Cc1cccc(F)c1)NCC(=O)NC1CCNCC1. The topological polar surface area (TPSA) is 70.2 Å². The number of hydrogen-bond acceptors (Lipinski definition) is 3. The van der Waals surface area contributed by atoms with Crippen LogP contribution in [-0.2, 0) is 16.0 Å². The van der Waals surface area contributed by atoms with E-state index < -0.39 is 0 Å². The summed E-state index contributed by atoms with van der Waals surface area (Å²) in [7, 11) is 0. The van der Waals surface area contributed by atoms with Crippen LogP contribution < -0.4 is 16.0 Å². The zero-order chi connectivity index (χ0) is 15.1. The standard InChI is InChI=1S/C15H20FN3O2.ClH/c16-12-3-1-2-11(8-12)9-14(20)18-10-15(21)19-13-4-6-17-7-5-13;/h1-3,8,13,17H,4-7,9-10H2,(H,18,20)(H,19,21);1H. The van der Waals surface area contributed by atoms with Gasteiger partial charge in [0.15, 0.2) is 0 Å². The number of carbonyl (C=O) groups is 2. The van der Waals surface area contributed by atoms with E-state index in [2.05, 4.69) is 16.0 Å². The summed E-state index contributed by atoms with van der Waals surface area (Å²) in [5, 5.41) is 8.66. The average molecular weight is 330 g/mol. The summed E-state index contributed by atoms with van der Waals surface area (Å²) >= 11 is 0. The van der Waals surface area contributed by atoms with E-state index in [1.54, 1.807) is 12.1 Å². The second-order valence-corrected chi connectivity index (χ2v) is 5.18. The van der Waals surface area contributed by atoms with E-state index in [-0.39, 0.29) is 49.0 Å². The minimum atomic E-state index is -0.371. The summed E-state index contributed by atoms with van der Waals surface area (Å²) in [4.78, 5) is 23.4. The third-order valence-corrected chi connectivity index (χ3v) is 3.40. The predicted octanol–water partition coefficient (Wildman–Crippen LogP) is 0.774. The molecule has 1 aliphatic rings. The highest BCUT2D eigenvalue weighted by Crippen LogP contribution is 2.04. The molecule has 7 heteroatoms. The van der Waals surface area contributed by atoms with Crippen LogP contribution in [0.5, 0.6) is 0 Å². The molecule has 1 aliphatic heterocycles. The highest BCUT2D eigenvalue weighted by molar-refractivity contribution is 5.86. The second kappa shape index (κ2) is 9.38. The van der Waals surface area contributed by atoms with Gasteiger partial charge in [-0.05, 0) is 43.6 Å².